The Hall–Kier alpha value is -0.950. The van der Waals surface area contributed by atoms with Crippen LogP contribution in [0.25, 0.3) is 0 Å². The molecule has 2 atom stereocenters. The molecule has 0 saturated heterocycles. The number of nitrogens with zero attached hydrogens (tertiary/aromatic N) is 1. The van der Waals surface area contributed by atoms with Gasteiger partial charge in [-0.3, -0.25) is 0 Å². The van der Waals surface area contributed by atoms with Crippen molar-refractivity contribution in [1.29, 1.82) is 0 Å². The molecule has 1 heterocycles. The van der Waals surface area contributed by atoms with Gasteiger partial charge in [-0.05, 0) is 18.4 Å². The monoisotopic (exact) mass is 279 g/mol. The molecule has 0 aliphatic heterocycles. The van der Waals surface area contributed by atoms with E-state index in [2.05, 4.69) is 0 Å². The first kappa shape index (κ1) is 13.5. The molecule has 0 spiro atoms. The molecule has 1 saturated carbocycles. The van der Waals surface area contributed by atoms with Crippen molar-refractivity contribution in [1.82, 2.24) is 4.31 Å². The molecule has 0 bridgehead atoms. The van der Waals surface area contributed by atoms with E-state index in [0.717, 1.165) is 5.56 Å². The van der Waals surface area contributed by atoms with E-state index in [-0.39, 0.29) is 12.3 Å². The average Bonchev–Trinajstić information content (AvgIpc) is 2.84. The van der Waals surface area contributed by atoms with Crippen molar-refractivity contribution in [2.24, 2.45) is 11.8 Å². The summed E-state index contributed by atoms with van der Waals surface area (Å²) in [7, 11) is -2.03. The van der Waals surface area contributed by atoms with Gasteiger partial charge in [-0.25, -0.2) is 21.5 Å². The van der Waals surface area contributed by atoms with E-state index < -0.39 is 28.3 Å². The highest BCUT2D eigenvalue weighted by atomic mass is 32.2. The Morgan fingerprint density at radius 2 is 2.28 bits per heavy atom. The van der Waals surface area contributed by atoms with E-state index in [1.165, 1.54) is 23.9 Å². The van der Waals surface area contributed by atoms with Gasteiger partial charge in [0.1, 0.15) is 0 Å². The normalized spacial score (nSPS) is 23.8. The minimum absolute atomic E-state index is 0.198. The largest absolute Gasteiger partial charge is 0.472 e. The molecule has 0 aromatic carbocycles. The summed E-state index contributed by atoms with van der Waals surface area (Å²) in [4.78, 5) is 0. The quantitative estimate of drug-likeness (QED) is 0.799. The molecule has 1 aromatic heterocycles. The number of alkyl halides is 2. The SMILES string of the molecule is CN(Cc1ccoc1)S(=O)(=O)C[C@@H]1C[C@H]1C(F)F. The summed E-state index contributed by atoms with van der Waals surface area (Å²) < 4.78 is 54.5. The van der Waals surface area contributed by atoms with Crippen LogP contribution in [0.4, 0.5) is 8.78 Å². The number of halogens is 2. The highest BCUT2D eigenvalue weighted by molar-refractivity contribution is 7.89. The summed E-state index contributed by atoms with van der Waals surface area (Å²) in [6, 6.07) is 1.67. The zero-order chi connectivity index (χ0) is 13.3. The second-order valence-electron chi connectivity index (χ2n) is 4.66. The zero-order valence-electron chi connectivity index (χ0n) is 9.92. The third-order valence-corrected chi connectivity index (χ3v) is 5.11. The molecule has 102 valence electrons. The van der Waals surface area contributed by atoms with Crippen molar-refractivity contribution in [3.63, 3.8) is 0 Å². The summed E-state index contributed by atoms with van der Waals surface area (Å²) in [5.41, 5.74) is 0.738. The molecule has 18 heavy (non-hydrogen) atoms. The summed E-state index contributed by atoms with van der Waals surface area (Å²) in [5.74, 6) is -1.35. The molecule has 0 N–H and O–H groups in total. The topological polar surface area (TPSA) is 50.5 Å². The minimum Gasteiger partial charge on any atom is -0.472 e. The van der Waals surface area contributed by atoms with E-state index in [1.807, 2.05) is 0 Å². The van der Waals surface area contributed by atoms with Gasteiger partial charge >= 0.3 is 0 Å². The lowest BCUT2D eigenvalue weighted by molar-refractivity contribution is 0.117. The maximum atomic E-state index is 12.3. The lowest BCUT2D eigenvalue weighted by atomic mass is 10.3. The number of sulfonamides is 1. The smallest absolute Gasteiger partial charge is 0.241 e. The van der Waals surface area contributed by atoms with Gasteiger partial charge in [-0.1, -0.05) is 0 Å². The summed E-state index contributed by atoms with van der Waals surface area (Å²) in [5, 5.41) is 0. The Kier molecular flexibility index (Phi) is 3.72. The number of hydrogen-bond donors (Lipinski definition) is 0. The van der Waals surface area contributed by atoms with Crippen LogP contribution in [0, 0.1) is 11.8 Å². The molecule has 1 aliphatic carbocycles. The van der Waals surface area contributed by atoms with Gasteiger partial charge in [0.2, 0.25) is 16.4 Å². The Morgan fingerprint density at radius 3 is 2.78 bits per heavy atom. The van der Waals surface area contributed by atoms with Crippen molar-refractivity contribution < 1.29 is 21.6 Å². The first-order chi connectivity index (χ1) is 8.40. The second kappa shape index (κ2) is 4.97. The van der Waals surface area contributed by atoms with Crippen LogP contribution in [0.1, 0.15) is 12.0 Å². The van der Waals surface area contributed by atoms with E-state index >= 15 is 0 Å². The van der Waals surface area contributed by atoms with Gasteiger partial charge in [0.15, 0.2) is 0 Å². The van der Waals surface area contributed by atoms with Gasteiger partial charge in [-0.15, -0.1) is 0 Å². The lowest BCUT2D eigenvalue weighted by Crippen LogP contribution is -2.29. The van der Waals surface area contributed by atoms with Gasteiger partial charge in [0.25, 0.3) is 0 Å². The molecule has 1 aliphatic rings. The molecular weight excluding hydrogens is 264 g/mol. The first-order valence-corrected chi connectivity index (χ1v) is 7.24. The van der Waals surface area contributed by atoms with Crippen molar-refractivity contribution in [2.45, 2.75) is 19.4 Å². The minimum atomic E-state index is -3.48. The molecule has 4 nitrogen and oxygen atoms in total. The lowest BCUT2D eigenvalue weighted by Gasteiger charge is -2.16. The fourth-order valence-corrected chi connectivity index (χ4v) is 3.43. The van der Waals surface area contributed by atoms with E-state index in [1.54, 1.807) is 6.07 Å². The van der Waals surface area contributed by atoms with Crippen LogP contribution in [0.15, 0.2) is 23.0 Å². The molecule has 0 radical (unpaired) electrons. The average molecular weight is 279 g/mol. The van der Waals surface area contributed by atoms with Crippen LogP contribution in [0.5, 0.6) is 0 Å². The van der Waals surface area contributed by atoms with Gasteiger partial charge in [0, 0.05) is 25.1 Å². The van der Waals surface area contributed by atoms with Crippen molar-refractivity contribution in [3.05, 3.63) is 24.2 Å². The van der Waals surface area contributed by atoms with Crippen LogP contribution in [-0.2, 0) is 16.6 Å². The highest BCUT2D eigenvalue weighted by Crippen LogP contribution is 2.44. The molecule has 0 unspecified atom stereocenters. The zero-order valence-corrected chi connectivity index (χ0v) is 10.7. The van der Waals surface area contributed by atoms with Crippen LogP contribution in [0.2, 0.25) is 0 Å². The van der Waals surface area contributed by atoms with Gasteiger partial charge in [0.05, 0.1) is 18.3 Å². The molecule has 7 heteroatoms. The molecule has 1 fully saturated rings. The van der Waals surface area contributed by atoms with E-state index in [4.69, 9.17) is 4.42 Å². The van der Waals surface area contributed by atoms with E-state index in [9.17, 15) is 17.2 Å². The molecule has 1 aromatic rings. The Bertz CT molecular complexity index is 486. The predicted molar refractivity (Wildman–Crippen MR) is 61.6 cm³/mol. The molecular formula is C11H15F2NO3S. The number of furan rings is 1. The number of rotatable bonds is 6. The Labute approximate surface area is 105 Å². The Morgan fingerprint density at radius 1 is 1.56 bits per heavy atom. The van der Waals surface area contributed by atoms with E-state index in [0.29, 0.717) is 6.42 Å². The van der Waals surface area contributed by atoms with Crippen LogP contribution >= 0.6 is 0 Å². The van der Waals surface area contributed by atoms with Crippen LogP contribution < -0.4 is 0 Å². The van der Waals surface area contributed by atoms with Crippen molar-refractivity contribution in [2.75, 3.05) is 12.8 Å². The Balaban J connectivity index is 1.91. The van der Waals surface area contributed by atoms with Crippen molar-refractivity contribution in [3.8, 4) is 0 Å². The fraction of sp³-hybridized carbons (Fsp3) is 0.636. The maximum Gasteiger partial charge on any atom is 0.241 e. The fourth-order valence-electron chi connectivity index (χ4n) is 1.91. The third-order valence-electron chi connectivity index (χ3n) is 3.19. The molecule has 2 rings (SSSR count). The second-order valence-corrected chi connectivity index (χ2v) is 6.78. The standard InChI is InChI=1S/C11H15F2NO3S/c1-14(5-8-2-3-17-6-8)18(15,16)7-9-4-10(9)11(12)13/h2-3,6,9-11H,4-5,7H2,1H3/t9-,10+/m0/s1. The summed E-state index contributed by atoms with van der Waals surface area (Å²) >= 11 is 0. The predicted octanol–water partition coefficient (Wildman–Crippen LogP) is 1.94. The third kappa shape index (κ3) is 3.08. The highest BCUT2D eigenvalue weighted by Gasteiger charge is 2.46. The summed E-state index contributed by atoms with van der Waals surface area (Å²) in [6.07, 6.45) is 0.815. The number of hydrogen-bond acceptors (Lipinski definition) is 3. The van der Waals surface area contributed by atoms with Crippen molar-refractivity contribution >= 4 is 10.0 Å². The first-order valence-electron chi connectivity index (χ1n) is 5.63. The maximum absolute atomic E-state index is 12.3. The summed E-state index contributed by atoms with van der Waals surface area (Å²) in [6.45, 7) is 0.199. The van der Waals surface area contributed by atoms with Crippen LogP contribution in [0.3, 0.4) is 0 Å². The van der Waals surface area contributed by atoms with Crippen LogP contribution in [-0.4, -0.2) is 31.9 Å². The van der Waals surface area contributed by atoms with Gasteiger partial charge in [-0.2, -0.15) is 0 Å². The molecule has 0 amide bonds. The van der Waals surface area contributed by atoms with Gasteiger partial charge < -0.3 is 4.42 Å².